The van der Waals surface area contributed by atoms with E-state index in [4.69, 9.17) is 0 Å². The number of carbonyl (C=O) groups excluding carboxylic acids is 1. The topological polar surface area (TPSA) is 39.7 Å². The summed E-state index contributed by atoms with van der Waals surface area (Å²) in [7, 11) is 1.88. The smallest absolute Gasteiger partial charge is 0.250 e. The van der Waals surface area contributed by atoms with Crippen LogP contribution in [-0.4, -0.2) is 54.6 Å². The lowest BCUT2D eigenvalue weighted by atomic mass is 10.0. The molecule has 0 saturated carbocycles. The molecule has 1 saturated heterocycles. The van der Waals surface area contributed by atoms with Crippen molar-refractivity contribution in [3.63, 3.8) is 0 Å². The van der Waals surface area contributed by atoms with Gasteiger partial charge in [-0.15, -0.1) is 0 Å². The number of likely N-dealkylation sites (N-methyl/N-ethyl adjacent to an activating group) is 1. The fraction of sp³-hybridized carbons (Fsp3) is 0.625. The number of anilines is 2. The summed E-state index contributed by atoms with van der Waals surface area (Å²) < 4.78 is 0. The summed E-state index contributed by atoms with van der Waals surface area (Å²) in [6, 6.07) is 0.368. The van der Waals surface area contributed by atoms with Crippen molar-refractivity contribution < 1.29 is 4.79 Å². The van der Waals surface area contributed by atoms with E-state index in [1.807, 2.05) is 20.2 Å². The minimum atomic E-state index is -0.103. The molecule has 1 aromatic heterocycles. The number of pyridine rings is 1. The van der Waals surface area contributed by atoms with E-state index in [0.29, 0.717) is 6.04 Å². The second-order valence-corrected chi connectivity index (χ2v) is 6.43. The molecule has 2 aliphatic heterocycles. The summed E-state index contributed by atoms with van der Waals surface area (Å²) in [6.07, 6.45) is 1.92. The van der Waals surface area contributed by atoms with Gasteiger partial charge in [-0.3, -0.25) is 9.69 Å². The zero-order chi connectivity index (χ0) is 15.3. The average molecular weight is 288 g/mol. The summed E-state index contributed by atoms with van der Waals surface area (Å²) in [5.41, 5.74) is 3.27. The van der Waals surface area contributed by atoms with Crippen LogP contribution in [0.3, 0.4) is 0 Å². The van der Waals surface area contributed by atoms with Gasteiger partial charge in [-0.25, -0.2) is 4.98 Å². The molecule has 0 N–H and O–H groups in total. The van der Waals surface area contributed by atoms with Crippen molar-refractivity contribution in [3.8, 4) is 0 Å². The van der Waals surface area contributed by atoms with E-state index in [1.54, 1.807) is 4.90 Å². The number of aromatic nitrogens is 1. The molecule has 0 radical (unpaired) electrons. The van der Waals surface area contributed by atoms with E-state index in [1.165, 1.54) is 0 Å². The van der Waals surface area contributed by atoms with Gasteiger partial charge >= 0.3 is 0 Å². The average Bonchev–Trinajstić information content (AvgIpc) is 2.47. The van der Waals surface area contributed by atoms with Gasteiger partial charge in [0.25, 0.3) is 5.91 Å². The highest BCUT2D eigenvalue weighted by Crippen LogP contribution is 2.38. The third-order valence-electron chi connectivity index (χ3n) is 4.90. The van der Waals surface area contributed by atoms with E-state index in [9.17, 15) is 4.79 Å². The maximum absolute atomic E-state index is 12.8. The molecule has 1 atom stereocenters. The van der Waals surface area contributed by atoms with Gasteiger partial charge in [-0.05, 0) is 38.8 Å². The summed E-state index contributed by atoms with van der Waals surface area (Å²) >= 11 is 0. The van der Waals surface area contributed by atoms with Crippen molar-refractivity contribution in [3.05, 3.63) is 17.3 Å². The molecule has 114 valence electrons. The Hall–Kier alpha value is -1.62. The fourth-order valence-electron chi connectivity index (χ4n) is 3.35. The largest absolute Gasteiger partial charge is 0.340 e. The maximum atomic E-state index is 12.8. The number of piperazine rings is 1. The Balaban J connectivity index is 2.04. The van der Waals surface area contributed by atoms with Crippen LogP contribution >= 0.6 is 0 Å². The Morgan fingerprint density at radius 2 is 2.00 bits per heavy atom. The van der Waals surface area contributed by atoms with Crippen molar-refractivity contribution in [2.45, 2.75) is 39.8 Å². The highest BCUT2D eigenvalue weighted by molar-refractivity contribution is 6.05. The molecule has 0 aliphatic carbocycles. The SMILES string of the molecule is Cc1cnc2c(c1C)N(C)C(=O)[C@H]1CN(C(C)C)CCN21. The molecule has 0 bridgehead atoms. The molecule has 3 heterocycles. The molecular formula is C16H24N4O. The predicted octanol–water partition coefficient (Wildman–Crippen LogP) is 1.57. The van der Waals surface area contributed by atoms with Gasteiger partial charge in [0.2, 0.25) is 0 Å². The molecule has 2 aliphatic rings. The Bertz CT molecular complexity index is 584. The molecule has 0 aromatic carbocycles. The maximum Gasteiger partial charge on any atom is 0.250 e. The summed E-state index contributed by atoms with van der Waals surface area (Å²) in [4.78, 5) is 23.8. The number of aryl methyl sites for hydroxylation is 1. The van der Waals surface area contributed by atoms with E-state index in [2.05, 4.69) is 35.6 Å². The van der Waals surface area contributed by atoms with Crippen LogP contribution in [0.5, 0.6) is 0 Å². The minimum absolute atomic E-state index is 0.103. The molecule has 1 amide bonds. The number of carbonyl (C=O) groups is 1. The number of hydrogen-bond acceptors (Lipinski definition) is 4. The van der Waals surface area contributed by atoms with E-state index in [-0.39, 0.29) is 11.9 Å². The first-order valence-electron chi connectivity index (χ1n) is 7.66. The van der Waals surface area contributed by atoms with Gasteiger partial charge in [0, 0.05) is 38.9 Å². The predicted molar refractivity (Wildman–Crippen MR) is 85.0 cm³/mol. The van der Waals surface area contributed by atoms with Crippen molar-refractivity contribution in [2.75, 3.05) is 36.5 Å². The van der Waals surface area contributed by atoms with Crippen LogP contribution in [0.15, 0.2) is 6.20 Å². The number of hydrogen-bond donors (Lipinski definition) is 0. The highest BCUT2D eigenvalue weighted by Gasteiger charge is 2.42. The van der Waals surface area contributed by atoms with E-state index < -0.39 is 0 Å². The van der Waals surface area contributed by atoms with Crippen molar-refractivity contribution in [1.29, 1.82) is 0 Å². The number of amides is 1. The summed E-state index contributed by atoms with van der Waals surface area (Å²) in [6.45, 7) is 11.1. The third kappa shape index (κ3) is 2.11. The number of fused-ring (bicyclic) bond motifs is 3. The van der Waals surface area contributed by atoms with Crippen LogP contribution in [0.25, 0.3) is 0 Å². The van der Waals surface area contributed by atoms with Gasteiger partial charge < -0.3 is 9.80 Å². The van der Waals surface area contributed by atoms with Crippen LogP contribution in [0.4, 0.5) is 11.5 Å². The second kappa shape index (κ2) is 4.98. The molecule has 3 rings (SSSR count). The highest BCUT2D eigenvalue weighted by atomic mass is 16.2. The van der Waals surface area contributed by atoms with E-state index >= 15 is 0 Å². The lowest BCUT2D eigenvalue weighted by Gasteiger charge is -2.48. The molecule has 5 nitrogen and oxygen atoms in total. The van der Waals surface area contributed by atoms with Crippen LogP contribution in [-0.2, 0) is 4.79 Å². The normalized spacial score (nSPS) is 22.6. The monoisotopic (exact) mass is 288 g/mol. The molecular weight excluding hydrogens is 264 g/mol. The van der Waals surface area contributed by atoms with Crippen LogP contribution in [0.1, 0.15) is 25.0 Å². The Kier molecular flexibility index (Phi) is 3.40. The van der Waals surface area contributed by atoms with Gasteiger partial charge in [0.05, 0.1) is 5.69 Å². The number of rotatable bonds is 1. The summed E-state index contributed by atoms with van der Waals surface area (Å²) in [5.74, 6) is 1.15. The van der Waals surface area contributed by atoms with Crippen molar-refractivity contribution in [2.24, 2.45) is 0 Å². The van der Waals surface area contributed by atoms with Crippen LogP contribution in [0.2, 0.25) is 0 Å². The minimum Gasteiger partial charge on any atom is -0.340 e. The van der Waals surface area contributed by atoms with Gasteiger partial charge in [-0.1, -0.05) is 0 Å². The fourth-order valence-corrected chi connectivity index (χ4v) is 3.35. The third-order valence-corrected chi connectivity index (χ3v) is 4.90. The lowest BCUT2D eigenvalue weighted by Crippen LogP contribution is -2.63. The van der Waals surface area contributed by atoms with Crippen molar-refractivity contribution in [1.82, 2.24) is 9.88 Å². The molecule has 5 heteroatoms. The first-order valence-corrected chi connectivity index (χ1v) is 7.66. The Morgan fingerprint density at radius 1 is 1.29 bits per heavy atom. The number of nitrogens with zero attached hydrogens (tertiary/aromatic N) is 4. The first kappa shape index (κ1) is 14.3. The first-order chi connectivity index (χ1) is 9.91. The standard InChI is InChI=1S/C16H24N4O/c1-10(2)19-6-7-20-13(9-19)16(21)18(5)14-12(4)11(3)8-17-15(14)20/h8,10,13H,6-7,9H2,1-5H3/t13-/m1/s1. The van der Waals surface area contributed by atoms with Crippen LogP contribution in [0, 0.1) is 13.8 Å². The molecule has 1 fully saturated rings. The van der Waals surface area contributed by atoms with E-state index in [0.717, 1.165) is 42.3 Å². The lowest BCUT2D eigenvalue weighted by molar-refractivity contribution is -0.121. The molecule has 1 aromatic rings. The zero-order valence-corrected chi connectivity index (χ0v) is 13.6. The van der Waals surface area contributed by atoms with Gasteiger partial charge in [0.15, 0.2) is 5.82 Å². The van der Waals surface area contributed by atoms with Gasteiger partial charge in [-0.2, -0.15) is 0 Å². The second-order valence-electron chi connectivity index (χ2n) is 6.43. The quantitative estimate of drug-likeness (QED) is 0.786. The Morgan fingerprint density at radius 3 is 2.67 bits per heavy atom. The molecule has 0 spiro atoms. The Labute approximate surface area is 126 Å². The molecule has 21 heavy (non-hydrogen) atoms. The zero-order valence-electron chi connectivity index (χ0n) is 13.6. The van der Waals surface area contributed by atoms with Gasteiger partial charge in [0.1, 0.15) is 6.04 Å². The molecule has 0 unspecified atom stereocenters. The van der Waals surface area contributed by atoms with Crippen molar-refractivity contribution >= 4 is 17.4 Å². The summed E-state index contributed by atoms with van der Waals surface area (Å²) in [5, 5.41) is 0. The van der Waals surface area contributed by atoms with Crippen LogP contribution < -0.4 is 9.80 Å².